The standard InChI is InChI=1S/C12H14O/c1-2-12(10-13-12)9-8-11-6-4-3-5-7-11/h2-7H,1,8-10H2. The van der Waals surface area contributed by atoms with Crippen LogP contribution in [0.5, 0.6) is 0 Å². The van der Waals surface area contributed by atoms with Gasteiger partial charge in [0.2, 0.25) is 0 Å². The normalized spacial score (nSPS) is 25.5. The van der Waals surface area contributed by atoms with Crippen LogP contribution in [0, 0.1) is 0 Å². The Morgan fingerprint density at radius 3 is 2.62 bits per heavy atom. The number of rotatable bonds is 4. The molecule has 2 rings (SSSR count). The van der Waals surface area contributed by atoms with E-state index < -0.39 is 0 Å². The van der Waals surface area contributed by atoms with Crippen LogP contribution in [-0.4, -0.2) is 12.2 Å². The van der Waals surface area contributed by atoms with Gasteiger partial charge in [0, 0.05) is 0 Å². The van der Waals surface area contributed by atoms with Crippen molar-refractivity contribution in [3.63, 3.8) is 0 Å². The average Bonchev–Trinajstić information content (AvgIpc) is 2.97. The number of hydrogen-bond donors (Lipinski definition) is 0. The van der Waals surface area contributed by atoms with Gasteiger partial charge in [-0.2, -0.15) is 0 Å². The molecule has 1 nitrogen and oxygen atoms in total. The molecular weight excluding hydrogens is 160 g/mol. The molecule has 0 bridgehead atoms. The third-order valence-corrected chi connectivity index (χ3v) is 2.57. The lowest BCUT2D eigenvalue weighted by atomic mass is 10.0. The van der Waals surface area contributed by atoms with Crippen LogP contribution in [0.1, 0.15) is 12.0 Å². The summed E-state index contributed by atoms with van der Waals surface area (Å²) >= 11 is 0. The van der Waals surface area contributed by atoms with Crippen molar-refractivity contribution in [1.29, 1.82) is 0 Å². The summed E-state index contributed by atoms with van der Waals surface area (Å²) in [5.41, 5.74) is 1.38. The Labute approximate surface area is 79.0 Å². The van der Waals surface area contributed by atoms with E-state index >= 15 is 0 Å². The number of benzene rings is 1. The minimum absolute atomic E-state index is 0.00976. The summed E-state index contributed by atoms with van der Waals surface area (Å²) in [6.07, 6.45) is 4.06. The van der Waals surface area contributed by atoms with Crippen LogP contribution >= 0.6 is 0 Å². The average molecular weight is 174 g/mol. The van der Waals surface area contributed by atoms with Crippen molar-refractivity contribution in [1.82, 2.24) is 0 Å². The highest BCUT2D eigenvalue weighted by Crippen LogP contribution is 2.33. The van der Waals surface area contributed by atoms with Crippen molar-refractivity contribution in [3.8, 4) is 0 Å². The second kappa shape index (κ2) is 3.35. The molecule has 0 spiro atoms. The van der Waals surface area contributed by atoms with E-state index in [1.165, 1.54) is 5.56 Å². The van der Waals surface area contributed by atoms with Crippen LogP contribution in [0.25, 0.3) is 0 Å². The molecule has 0 N–H and O–H groups in total. The summed E-state index contributed by atoms with van der Waals surface area (Å²) in [7, 11) is 0. The fraction of sp³-hybridized carbons (Fsp3) is 0.333. The second-order valence-corrected chi connectivity index (χ2v) is 3.54. The third kappa shape index (κ3) is 1.99. The van der Waals surface area contributed by atoms with E-state index in [0.29, 0.717) is 0 Å². The van der Waals surface area contributed by atoms with Gasteiger partial charge in [-0.25, -0.2) is 0 Å². The molecule has 1 aliphatic heterocycles. The molecule has 0 aliphatic carbocycles. The quantitative estimate of drug-likeness (QED) is 0.505. The highest BCUT2D eigenvalue weighted by Gasteiger charge is 2.40. The van der Waals surface area contributed by atoms with Crippen molar-refractivity contribution in [3.05, 3.63) is 48.6 Å². The van der Waals surface area contributed by atoms with Crippen LogP contribution in [0.15, 0.2) is 43.0 Å². The van der Waals surface area contributed by atoms with Crippen molar-refractivity contribution in [2.24, 2.45) is 0 Å². The van der Waals surface area contributed by atoms with Gasteiger partial charge in [0.25, 0.3) is 0 Å². The lowest BCUT2D eigenvalue weighted by Crippen LogP contribution is -2.07. The predicted octanol–water partition coefficient (Wildman–Crippen LogP) is 2.57. The van der Waals surface area contributed by atoms with Gasteiger partial charge in [-0.15, -0.1) is 6.58 Å². The first-order valence-corrected chi connectivity index (χ1v) is 4.66. The monoisotopic (exact) mass is 174 g/mol. The summed E-state index contributed by atoms with van der Waals surface area (Å²) in [5.74, 6) is 0. The number of epoxide rings is 1. The zero-order valence-electron chi connectivity index (χ0n) is 7.70. The molecule has 0 aromatic heterocycles. The number of aryl methyl sites for hydroxylation is 1. The Morgan fingerprint density at radius 1 is 1.38 bits per heavy atom. The van der Waals surface area contributed by atoms with Crippen LogP contribution in [0.4, 0.5) is 0 Å². The van der Waals surface area contributed by atoms with Crippen molar-refractivity contribution < 1.29 is 4.74 Å². The summed E-state index contributed by atoms with van der Waals surface area (Å²) in [6.45, 7) is 4.63. The zero-order chi connectivity index (χ0) is 9.15. The zero-order valence-corrected chi connectivity index (χ0v) is 7.70. The van der Waals surface area contributed by atoms with Crippen molar-refractivity contribution in [2.75, 3.05) is 6.61 Å². The van der Waals surface area contributed by atoms with Crippen molar-refractivity contribution in [2.45, 2.75) is 18.4 Å². The van der Waals surface area contributed by atoms with Crippen LogP contribution in [-0.2, 0) is 11.2 Å². The smallest absolute Gasteiger partial charge is 0.110 e. The Kier molecular flexibility index (Phi) is 2.19. The first-order chi connectivity index (χ1) is 6.35. The molecule has 1 fully saturated rings. The highest BCUT2D eigenvalue weighted by atomic mass is 16.6. The molecule has 1 heteroatoms. The SMILES string of the molecule is C=CC1(CCc2ccccc2)CO1. The molecule has 68 valence electrons. The maximum Gasteiger partial charge on any atom is 0.110 e. The molecule has 1 unspecified atom stereocenters. The third-order valence-electron chi connectivity index (χ3n) is 2.57. The first kappa shape index (κ1) is 8.52. The predicted molar refractivity (Wildman–Crippen MR) is 53.6 cm³/mol. The van der Waals surface area contributed by atoms with E-state index in [4.69, 9.17) is 4.74 Å². The van der Waals surface area contributed by atoms with Gasteiger partial charge >= 0.3 is 0 Å². The van der Waals surface area contributed by atoms with E-state index in [0.717, 1.165) is 19.4 Å². The molecule has 1 atom stereocenters. The Hall–Kier alpha value is -1.08. The van der Waals surface area contributed by atoms with Gasteiger partial charge in [-0.05, 0) is 18.4 Å². The maximum atomic E-state index is 5.35. The van der Waals surface area contributed by atoms with Gasteiger partial charge in [0.15, 0.2) is 0 Å². The highest BCUT2D eigenvalue weighted by molar-refractivity contribution is 5.17. The van der Waals surface area contributed by atoms with Crippen LogP contribution in [0.2, 0.25) is 0 Å². The Morgan fingerprint density at radius 2 is 2.08 bits per heavy atom. The van der Waals surface area contributed by atoms with Gasteiger partial charge in [0.1, 0.15) is 5.60 Å². The van der Waals surface area contributed by atoms with Crippen LogP contribution in [0.3, 0.4) is 0 Å². The summed E-state index contributed by atoms with van der Waals surface area (Å²) in [4.78, 5) is 0. The molecule has 0 amide bonds. The van der Waals surface area contributed by atoms with Gasteiger partial charge in [0.05, 0.1) is 6.61 Å². The Balaban J connectivity index is 1.90. The van der Waals surface area contributed by atoms with E-state index in [2.05, 4.69) is 30.8 Å². The fourth-order valence-electron chi connectivity index (χ4n) is 1.46. The summed E-state index contributed by atoms with van der Waals surface area (Å²) in [6, 6.07) is 10.5. The van der Waals surface area contributed by atoms with Crippen LogP contribution < -0.4 is 0 Å². The molecule has 1 heterocycles. The van der Waals surface area contributed by atoms with Gasteiger partial charge in [-0.3, -0.25) is 0 Å². The first-order valence-electron chi connectivity index (χ1n) is 4.66. The molecule has 13 heavy (non-hydrogen) atoms. The van der Waals surface area contributed by atoms with E-state index in [1.54, 1.807) is 0 Å². The lowest BCUT2D eigenvalue weighted by Gasteiger charge is -2.05. The molecule has 0 saturated carbocycles. The van der Waals surface area contributed by atoms with E-state index in [1.807, 2.05) is 12.1 Å². The molecule has 0 radical (unpaired) electrons. The van der Waals surface area contributed by atoms with Crippen molar-refractivity contribution >= 4 is 0 Å². The molecule has 1 saturated heterocycles. The molecule has 1 aromatic rings. The topological polar surface area (TPSA) is 12.5 Å². The van der Waals surface area contributed by atoms with E-state index in [9.17, 15) is 0 Å². The summed E-state index contributed by atoms with van der Waals surface area (Å²) < 4.78 is 5.35. The van der Waals surface area contributed by atoms with Gasteiger partial charge in [-0.1, -0.05) is 36.4 Å². The van der Waals surface area contributed by atoms with Gasteiger partial charge < -0.3 is 4.74 Å². The lowest BCUT2D eigenvalue weighted by molar-refractivity contribution is 0.337. The number of ether oxygens (including phenoxy) is 1. The second-order valence-electron chi connectivity index (χ2n) is 3.54. The fourth-order valence-corrected chi connectivity index (χ4v) is 1.46. The minimum atomic E-state index is 0.00976. The maximum absolute atomic E-state index is 5.35. The van der Waals surface area contributed by atoms with E-state index in [-0.39, 0.29) is 5.60 Å². The molecule has 1 aromatic carbocycles. The number of hydrogen-bond acceptors (Lipinski definition) is 1. The largest absolute Gasteiger partial charge is 0.365 e. The Bertz CT molecular complexity index is 285. The summed E-state index contributed by atoms with van der Waals surface area (Å²) in [5, 5.41) is 0. The molecular formula is C12H14O. The molecule has 1 aliphatic rings. The minimum Gasteiger partial charge on any atom is -0.365 e.